The molecule has 1 rings (SSSR count). The molecule has 0 aromatic carbocycles. The first-order valence-electron chi connectivity index (χ1n) is 3.36. The highest BCUT2D eigenvalue weighted by molar-refractivity contribution is 7.11. The van der Waals surface area contributed by atoms with E-state index in [0.717, 1.165) is 4.88 Å². The van der Waals surface area contributed by atoms with Gasteiger partial charge in [-0.1, -0.05) is 6.07 Å². The molecule has 0 aliphatic carbocycles. The van der Waals surface area contributed by atoms with Crippen molar-refractivity contribution >= 4 is 29.4 Å². The molecule has 68 valence electrons. The monoisotopic (exact) mass is 197 g/mol. The summed E-state index contributed by atoms with van der Waals surface area (Å²) in [5, 5.41) is 5.39. The van der Waals surface area contributed by atoms with Gasteiger partial charge >= 0.3 is 11.8 Å². The van der Waals surface area contributed by atoms with Crippen LogP contribution in [0.2, 0.25) is 0 Å². The van der Waals surface area contributed by atoms with E-state index in [1.165, 1.54) is 17.6 Å². The van der Waals surface area contributed by atoms with Crippen LogP contribution in [0.3, 0.4) is 0 Å². The van der Waals surface area contributed by atoms with E-state index in [0.29, 0.717) is 0 Å². The van der Waals surface area contributed by atoms with E-state index in [1.54, 1.807) is 0 Å². The maximum Gasteiger partial charge on any atom is 0.329 e. The highest BCUT2D eigenvalue weighted by Crippen LogP contribution is 2.03. The van der Waals surface area contributed by atoms with Crippen molar-refractivity contribution in [3.8, 4) is 0 Å². The molecule has 6 heteroatoms. The zero-order valence-corrected chi connectivity index (χ0v) is 7.38. The number of thiophene rings is 1. The van der Waals surface area contributed by atoms with Gasteiger partial charge in [0.05, 0.1) is 6.21 Å². The largest absolute Gasteiger partial charge is 0.361 e. The zero-order valence-electron chi connectivity index (χ0n) is 6.56. The zero-order chi connectivity index (χ0) is 9.68. The molecule has 1 aromatic rings. The summed E-state index contributed by atoms with van der Waals surface area (Å²) in [6.07, 6.45) is 1.44. The third-order valence-corrected chi connectivity index (χ3v) is 1.93. The second-order valence-corrected chi connectivity index (χ2v) is 3.06. The first kappa shape index (κ1) is 9.40. The van der Waals surface area contributed by atoms with Crippen LogP contribution in [0.25, 0.3) is 0 Å². The van der Waals surface area contributed by atoms with Gasteiger partial charge in [-0.2, -0.15) is 5.10 Å². The Bertz CT molecular complexity index is 332. The Morgan fingerprint density at radius 1 is 1.62 bits per heavy atom. The summed E-state index contributed by atoms with van der Waals surface area (Å²) >= 11 is 1.47. The fourth-order valence-electron chi connectivity index (χ4n) is 0.574. The Morgan fingerprint density at radius 3 is 2.92 bits per heavy atom. The van der Waals surface area contributed by atoms with Crippen molar-refractivity contribution in [3.05, 3.63) is 22.4 Å². The summed E-state index contributed by atoms with van der Waals surface area (Å²) in [6, 6.07) is 3.67. The Balaban J connectivity index is 2.43. The van der Waals surface area contributed by atoms with Crippen LogP contribution in [0.1, 0.15) is 4.88 Å². The highest BCUT2D eigenvalue weighted by atomic mass is 32.1. The van der Waals surface area contributed by atoms with E-state index in [2.05, 4.69) is 10.8 Å². The van der Waals surface area contributed by atoms with Gasteiger partial charge in [-0.15, -0.1) is 11.3 Å². The molecule has 3 N–H and O–H groups in total. The third-order valence-electron chi connectivity index (χ3n) is 1.12. The molecule has 0 saturated heterocycles. The minimum absolute atomic E-state index is 0.879. The molecule has 0 atom stereocenters. The maximum atomic E-state index is 10.6. The van der Waals surface area contributed by atoms with Crippen LogP contribution < -0.4 is 11.2 Å². The van der Waals surface area contributed by atoms with Gasteiger partial charge in [-0.05, 0) is 11.4 Å². The van der Waals surface area contributed by atoms with Gasteiger partial charge in [0.2, 0.25) is 0 Å². The Morgan fingerprint density at radius 2 is 2.38 bits per heavy atom. The number of hydrazone groups is 1. The lowest BCUT2D eigenvalue weighted by molar-refractivity contribution is -0.137. The number of primary amides is 1. The molecule has 0 fully saturated rings. The molecule has 5 nitrogen and oxygen atoms in total. The number of hydrogen-bond acceptors (Lipinski definition) is 4. The van der Waals surface area contributed by atoms with Crippen molar-refractivity contribution in [1.29, 1.82) is 0 Å². The van der Waals surface area contributed by atoms with E-state index in [9.17, 15) is 9.59 Å². The average Bonchev–Trinajstić information content (AvgIpc) is 2.56. The van der Waals surface area contributed by atoms with Crippen molar-refractivity contribution in [2.75, 3.05) is 0 Å². The predicted octanol–water partition coefficient (Wildman–Crippen LogP) is -0.316. The van der Waals surface area contributed by atoms with Crippen molar-refractivity contribution in [2.24, 2.45) is 10.8 Å². The van der Waals surface area contributed by atoms with Gasteiger partial charge in [-0.25, -0.2) is 5.43 Å². The lowest BCUT2D eigenvalue weighted by Gasteiger charge is -1.91. The molecule has 1 aromatic heterocycles. The van der Waals surface area contributed by atoms with E-state index in [-0.39, 0.29) is 0 Å². The van der Waals surface area contributed by atoms with Gasteiger partial charge in [0, 0.05) is 4.88 Å². The minimum atomic E-state index is -1.05. The molecule has 0 aliphatic rings. The van der Waals surface area contributed by atoms with E-state index < -0.39 is 11.8 Å². The smallest absolute Gasteiger partial charge is 0.329 e. The molecule has 0 saturated carbocycles. The second kappa shape index (κ2) is 4.36. The van der Waals surface area contributed by atoms with Crippen molar-refractivity contribution in [1.82, 2.24) is 5.43 Å². The number of hydrogen-bond donors (Lipinski definition) is 2. The van der Waals surface area contributed by atoms with Crippen LogP contribution in [-0.2, 0) is 9.59 Å². The Kier molecular flexibility index (Phi) is 3.15. The van der Waals surface area contributed by atoms with Gasteiger partial charge in [0.15, 0.2) is 0 Å². The number of amides is 2. The topological polar surface area (TPSA) is 84.5 Å². The van der Waals surface area contributed by atoms with Gasteiger partial charge in [-0.3, -0.25) is 9.59 Å². The van der Waals surface area contributed by atoms with Crippen molar-refractivity contribution in [3.63, 3.8) is 0 Å². The van der Waals surface area contributed by atoms with Crippen LogP contribution >= 0.6 is 11.3 Å². The number of nitrogens with zero attached hydrogens (tertiary/aromatic N) is 1. The average molecular weight is 197 g/mol. The number of nitrogens with two attached hydrogens (primary N) is 1. The molecule has 1 heterocycles. The van der Waals surface area contributed by atoms with Gasteiger partial charge in [0.1, 0.15) is 0 Å². The van der Waals surface area contributed by atoms with Crippen LogP contribution in [0.4, 0.5) is 0 Å². The minimum Gasteiger partial charge on any atom is -0.361 e. The summed E-state index contributed by atoms with van der Waals surface area (Å²) in [5.74, 6) is -1.98. The lowest BCUT2D eigenvalue weighted by atomic mass is 10.5. The molecule has 0 aliphatic heterocycles. The first-order chi connectivity index (χ1) is 6.20. The molecule has 0 bridgehead atoms. The van der Waals surface area contributed by atoms with Crippen molar-refractivity contribution < 1.29 is 9.59 Å². The second-order valence-electron chi connectivity index (χ2n) is 2.08. The summed E-state index contributed by atoms with van der Waals surface area (Å²) in [6.45, 7) is 0. The number of nitrogens with one attached hydrogen (secondary N) is 1. The molecule has 2 amide bonds. The lowest BCUT2D eigenvalue weighted by Crippen LogP contribution is -2.32. The summed E-state index contributed by atoms with van der Waals surface area (Å²) in [4.78, 5) is 21.7. The predicted molar refractivity (Wildman–Crippen MR) is 49.3 cm³/mol. The summed E-state index contributed by atoms with van der Waals surface area (Å²) in [7, 11) is 0. The van der Waals surface area contributed by atoms with Crippen LogP contribution in [-0.4, -0.2) is 18.0 Å². The standard InChI is InChI=1S/C7H7N3O2S/c8-6(11)7(12)10-9-4-5-2-1-3-13-5/h1-4H,(H2,8,11)(H,10,12)/b9-4-. The molecule has 13 heavy (non-hydrogen) atoms. The fourth-order valence-corrected chi connectivity index (χ4v) is 1.16. The Labute approximate surface area is 78.2 Å². The van der Waals surface area contributed by atoms with E-state index in [4.69, 9.17) is 0 Å². The molecule has 0 spiro atoms. The number of carbonyl (C=O) groups excluding carboxylic acids is 2. The number of carbonyl (C=O) groups is 2. The summed E-state index contributed by atoms with van der Waals surface area (Å²) < 4.78 is 0. The van der Waals surface area contributed by atoms with E-state index in [1.807, 2.05) is 22.9 Å². The highest BCUT2D eigenvalue weighted by Gasteiger charge is 2.04. The van der Waals surface area contributed by atoms with Gasteiger partial charge in [0.25, 0.3) is 0 Å². The van der Waals surface area contributed by atoms with Crippen molar-refractivity contribution in [2.45, 2.75) is 0 Å². The SMILES string of the molecule is NC(=O)C(=O)N/N=C\c1cccs1. The van der Waals surface area contributed by atoms with Crippen LogP contribution in [0.5, 0.6) is 0 Å². The van der Waals surface area contributed by atoms with Crippen LogP contribution in [0, 0.1) is 0 Å². The maximum absolute atomic E-state index is 10.6. The van der Waals surface area contributed by atoms with Crippen LogP contribution in [0.15, 0.2) is 22.6 Å². The molecular formula is C7H7N3O2S. The van der Waals surface area contributed by atoms with E-state index >= 15 is 0 Å². The Hall–Kier alpha value is -1.69. The summed E-state index contributed by atoms with van der Waals surface area (Å²) in [5.41, 5.74) is 6.66. The van der Waals surface area contributed by atoms with Gasteiger partial charge < -0.3 is 5.73 Å². The normalized spacial score (nSPS) is 10.2. The molecule has 0 unspecified atom stereocenters. The third kappa shape index (κ3) is 3.04. The first-order valence-corrected chi connectivity index (χ1v) is 4.24. The fraction of sp³-hybridized carbons (Fsp3) is 0. The quantitative estimate of drug-likeness (QED) is 0.387. The molecular weight excluding hydrogens is 190 g/mol. The number of rotatable bonds is 2. The molecule has 0 radical (unpaired) electrons.